The minimum atomic E-state index is -3.53. The molecule has 0 bridgehead atoms. The molecule has 6 heteroatoms. The molecule has 0 atom stereocenters. The molecule has 0 aromatic heterocycles. The molecule has 0 spiro atoms. The van der Waals surface area contributed by atoms with Crippen molar-refractivity contribution in [2.24, 2.45) is 0 Å². The van der Waals surface area contributed by atoms with Crippen LogP contribution in [0.1, 0.15) is 15.9 Å². The summed E-state index contributed by atoms with van der Waals surface area (Å²) in [4.78, 5) is 10.8. The van der Waals surface area contributed by atoms with Gasteiger partial charge < -0.3 is 5.11 Å². The second-order valence-corrected chi connectivity index (χ2v) is 5.18. The van der Waals surface area contributed by atoms with Crippen LogP contribution in [-0.4, -0.2) is 25.7 Å². The van der Waals surface area contributed by atoms with Gasteiger partial charge in [0.05, 0.1) is 22.9 Å². The summed E-state index contributed by atoms with van der Waals surface area (Å²) in [5, 5.41) is 17.5. The van der Waals surface area contributed by atoms with E-state index in [-0.39, 0.29) is 22.4 Å². The quantitative estimate of drug-likeness (QED) is 0.843. The molecule has 16 heavy (non-hydrogen) atoms. The van der Waals surface area contributed by atoms with Crippen molar-refractivity contribution in [3.63, 3.8) is 0 Å². The first-order chi connectivity index (χ1) is 7.38. The zero-order chi connectivity index (χ0) is 12.3. The van der Waals surface area contributed by atoms with E-state index < -0.39 is 15.8 Å². The van der Waals surface area contributed by atoms with Crippen LogP contribution in [0.2, 0.25) is 0 Å². The number of rotatable bonds is 3. The van der Waals surface area contributed by atoms with Gasteiger partial charge in [-0.05, 0) is 17.7 Å². The normalized spacial score (nSPS) is 10.8. The van der Waals surface area contributed by atoms with Crippen LogP contribution in [0.25, 0.3) is 0 Å². The fraction of sp³-hybridized carbons (Fsp3) is 0.200. The van der Waals surface area contributed by atoms with Crippen molar-refractivity contribution in [2.75, 3.05) is 6.26 Å². The maximum atomic E-state index is 11.4. The highest BCUT2D eigenvalue weighted by molar-refractivity contribution is 7.90. The van der Waals surface area contributed by atoms with E-state index in [1.54, 1.807) is 6.07 Å². The fourth-order valence-electron chi connectivity index (χ4n) is 1.37. The van der Waals surface area contributed by atoms with Crippen molar-refractivity contribution >= 4 is 15.8 Å². The molecular weight excluding hydrogens is 230 g/mol. The first kappa shape index (κ1) is 12.2. The Bertz CT molecular complexity index is 569. The van der Waals surface area contributed by atoms with E-state index in [2.05, 4.69) is 0 Å². The number of nitriles is 1. The Balaban J connectivity index is 3.59. The molecule has 0 radical (unpaired) electrons. The van der Waals surface area contributed by atoms with Crippen molar-refractivity contribution in [3.05, 3.63) is 29.3 Å². The zero-order valence-corrected chi connectivity index (χ0v) is 9.28. The highest BCUT2D eigenvalue weighted by atomic mass is 32.2. The molecule has 0 fully saturated rings. The fourth-order valence-corrected chi connectivity index (χ4v) is 2.33. The topological polar surface area (TPSA) is 95.2 Å². The Morgan fingerprint density at radius 1 is 1.50 bits per heavy atom. The maximum Gasteiger partial charge on any atom is 0.336 e. The maximum absolute atomic E-state index is 11.4. The van der Waals surface area contributed by atoms with Crippen molar-refractivity contribution in [1.29, 1.82) is 5.26 Å². The molecule has 0 aliphatic heterocycles. The number of carboxylic acids is 1. The van der Waals surface area contributed by atoms with Gasteiger partial charge in [-0.3, -0.25) is 0 Å². The van der Waals surface area contributed by atoms with E-state index in [0.29, 0.717) is 0 Å². The summed E-state index contributed by atoms with van der Waals surface area (Å²) in [6.07, 6.45) is 0.736. The van der Waals surface area contributed by atoms with Gasteiger partial charge in [0.15, 0.2) is 9.84 Å². The number of hydrogen-bond donors (Lipinski definition) is 1. The van der Waals surface area contributed by atoms with Crippen LogP contribution < -0.4 is 0 Å². The molecule has 0 aliphatic carbocycles. The van der Waals surface area contributed by atoms with Crippen molar-refractivity contribution in [2.45, 2.75) is 11.3 Å². The van der Waals surface area contributed by atoms with E-state index in [0.717, 1.165) is 6.26 Å². The van der Waals surface area contributed by atoms with E-state index in [1.807, 2.05) is 0 Å². The zero-order valence-electron chi connectivity index (χ0n) is 8.47. The molecule has 1 aromatic rings. The average Bonchev–Trinajstić information content (AvgIpc) is 2.16. The summed E-state index contributed by atoms with van der Waals surface area (Å²) >= 11 is 0. The summed E-state index contributed by atoms with van der Waals surface area (Å²) in [5.41, 5.74) is -0.107. The van der Waals surface area contributed by atoms with Crippen LogP contribution in [0, 0.1) is 11.3 Å². The molecule has 1 aromatic carbocycles. The molecule has 1 N–H and O–H groups in total. The smallest absolute Gasteiger partial charge is 0.336 e. The molecule has 0 saturated heterocycles. The minimum Gasteiger partial charge on any atom is -0.478 e. The first-order valence-electron chi connectivity index (χ1n) is 4.30. The standard InChI is InChI=1S/C10H9NO4S/c1-16(14,15)9-4-2-3-8(10(12)13)7(9)5-6-11/h2-4H,5H2,1H3,(H,12,13). The van der Waals surface area contributed by atoms with Gasteiger partial charge >= 0.3 is 5.97 Å². The van der Waals surface area contributed by atoms with E-state index >= 15 is 0 Å². The second-order valence-electron chi connectivity index (χ2n) is 3.19. The van der Waals surface area contributed by atoms with Gasteiger partial charge in [-0.2, -0.15) is 5.26 Å². The molecule has 5 nitrogen and oxygen atoms in total. The largest absolute Gasteiger partial charge is 0.478 e. The van der Waals surface area contributed by atoms with E-state index in [1.165, 1.54) is 18.2 Å². The van der Waals surface area contributed by atoms with Crippen LogP contribution in [0.15, 0.2) is 23.1 Å². The van der Waals surface area contributed by atoms with Crippen LogP contribution in [0.3, 0.4) is 0 Å². The molecule has 0 unspecified atom stereocenters. The number of carbonyl (C=O) groups is 1. The third-order valence-electron chi connectivity index (χ3n) is 2.02. The number of sulfone groups is 1. The summed E-state index contributed by atoms with van der Waals surface area (Å²) in [6, 6.07) is 5.69. The molecule has 1 rings (SSSR count). The average molecular weight is 239 g/mol. The molecule has 84 valence electrons. The SMILES string of the molecule is CS(=O)(=O)c1cccc(C(=O)O)c1CC#N. The molecule has 0 heterocycles. The molecule has 0 aliphatic rings. The highest BCUT2D eigenvalue weighted by Crippen LogP contribution is 2.20. The number of nitrogens with zero attached hydrogens (tertiary/aromatic N) is 1. The Hall–Kier alpha value is -1.87. The lowest BCUT2D eigenvalue weighted by Crippen LogP contribution is -2.09. The molecule has 0 amide bonds. The highest BCUT2D eigenvalue weighted by Gasteiger charge is 2.19. The summed E-state index contributed by atoms with van der Waals surface area (Å²) < 4.78 is 22.8. The Kier molecular flexibility index (Phi) is 3.30. The van der Waals surface area contributed by atoms with E-state index in [4.69, 9.17) is 10.4 Å². The van der Waals surface area contributed by atoms with Gasteiger partial charge in [0.1, 0.15) is 0 Å². The van der Waals surface area contributed by atoms with Gasteiger partial charge in [-0.15, -0.1) is 0 Å². The Morgan fingerprint density at radius 2 is 2.12 bits per heavy atom. The van der Waals surface area contributed by atoms with Gasteiger partial charge in [0.25, 0.3) is 0 Å². The molecular formula is C10H9NO4S. The third kappa shape index (κ3) is 2.38. The van der Waals surface area contributed by atoms with Crippen molar-refractivity contribution < 1.29 is 18.3 Å². The second kappa shape index (κ2) is 4.33. The summed E-state index contributed by atoms with van der Waals surface area (Å²) in [6.45, 7) is 0. The number of carboxylic acid groups (broad SMARTS) is 1. The number of aromatic carboxylic acids is 1. The van der Waals surface area contributed by atoms with E-state index in [9.17, 15) is 13.2 Å². The minimum absolute atomic E-state index is 0.0417. The van der Waals surface area contributed by atoms with Crippen molar-refractivity contribution in [3.8, 4) is 6.07 Å². The predicted molar refractivity (Wildman–Crippen MR) is 55.8 cm³/mol. The van der Waals surface area contributed by atoms with Gasteiger partial charge in [-0.1, -0.05) is 6.07 Å². The predicted octanol–water partition coefficient (Wildman–Crippen LogP) is 0.854. The lowest BCUT2D eigenvalue weighted by Gasteiger charge is -2.07. The third-order valence-corrected chi connectivity index (χ3v) is 3.20. The van der Waals surface area contributed by atoms with Crippen LogP contribution >= 0.6 is 0 Å². The lowest BCUT2D eigenvalue weighted by atomic mass is 10.1. The van der Waals surface area contributed by atoms with Crippen LogP contribution in [-0.2, 0) is 16.3 Å². The van der Waals surface area contributed by atoms with Gasteiger partial charge in [-0.25, -0.2) is 13.2 Å². The number of hydrogen-bond acceptors (Lipinski definition) is 4. The summed E-state index contributed by atoms with van der Waals surface area (Å²) in [7, 11) is -3.53. The van der Waals surface area contributed by atoms with Gasteiger partial charge in [0, 0.05) is 6.26 Å². The monoisotopic (exact) mass is 239 g/mol. The van der Waals surface area contributed by atoms with Gasteiger partial charge in [0.2, 0.25) is 0 Å². The first-order valence-corrected chi connectivity index (χ1v) is 6.19. The summed E-state index contributed by atoms with van der Waals surface area (Å²) in [5.74, 6) is -1.24. The van der Waals surface area contributed by atoms with Crippen molar-refractivity contribution in [1.82, 2.24) is 0 Å². The Morgan fingerprint density at radius 3 is 2.56 bits per heavy atom. The number of benzene rings is 1. The molecule has 0 saturated carbocycles. The lowest BCUT2D eigenvalue weighted by molar-refractivity contribution is 0.0695. The Labute approximate surface area is 92.9 Å². The van der Waals surface area contributed by atoms with Crippen LogP contribution in [0.5, 0.6) is 0 Å². The van der Waals surface area contributed by atoms with Crippen LogP contribution in [0.4, 0.5) is 0 Å².